The quantitative estimate of drug-likeness (QED) is 0.312. The number of rotatable bonds is 8. The van der Waals surface area contributed by atoms with Crippen molar-refractivity contribution >= 4 is 34.2 Å². The fourth-order valence-electron chi connectivity index (χ4n) is 4.44. The Morgan fingerprint density at radius 1 is 0.943 bits per heavy atom. The summed E-state index contributed by atoms with van der Waals surface area (Å²) >= 11 is 0. The maximum Gasteiger partial charge on any atom is 0.387 e. The number of alkyl halides is 2. The van der Waals surface area contributed by atoms with E-state index in [0.29, 0.717) is 28.3 Å². The Balaban J connectivity index is 1.84. The zero-order chi connectivity index (χ0) is 25.3. The summed E-state index contributed by atoms with van der Waals surface area (Å²) in [5.74, 6) is -1.86. The number of esters is 1. The summed E-state index contributed by atoms with van der Waals surface area (Å²) in [7, 11) is 0. The Bertz CT molecular complexity index is 1230. The molecule has 4 rings (SSSR count). The summed E-state index contributed by atoms with van der Waals surface area (Å²) in [6.45, 7) is 2.77. The lowest BCUT2D eigenvalue weighted by Crippen LogP contribution is -2.29. The van der Waals surface area contributed by atoms with Gasteiger partial charge in [0.25, 0.3) is 11.8 Å². The van der Waals surface area contributed by atoms with E-state index in [1.807, 2.05) is 13.8 Å². The molecule has 8 heteroatoms. The topological polar surface area (TPSA) is 72.9 Å². The molecule has 182 valence electrons. The summed E-state index contributed by atoms with van der Waals surface area (Å²) in [5.41, 5.74) is 1.49. The van der Waals surface area contributed by atoms with Crippen LogP contribution in [0.3, 0.4) is 0 Å². The first kappa shape index (κ1) is 24.3. The number of fused-ring (bicyclic) bond motifs is 2. The van der Waals surface area contributed by atoms with Crippen LogP contribution in [0.2, 0.25) is 0 Å². The first-order valence-corrected chi connectivity index (χ1v) is 11.4. The molecular formula is C27H25F2NO5. The molecular weight excluding hydrogens is 456 g/mol. The largest absolute Gasteiger partial charge is 0.466 e. The molecule has 3 aromatic carbocycles. The molecule has 3 aromatic rings. The van der Waals surface area contributed by atoms with E-state index in [9.17, 15) is 23.2 Å². The summed E-state index contributed by atoms with van der Waals surface area (Å²) in [4.78, 5) is 39.9. The Morgan fingerprint density at radius 2 is 1.57 bits per heavy atom. The predicted molar refractivity (Wildman–Crippen MR) is 127 cm³/mol. The van der Waals surface area contributed by atoms with Crippen molar-refractivity contribution in [1.29, 1.82) is 0 Å². The molecule has 0 saturated heterocycles. The molecule has 35 heavy (non-hydrogen) atoms. The molecule has 0 atom stereocenters. The summed E-state index contributed by atoms with van der Waals surface area (Å²) in [6, 6.07) is 13.1. The average Bonchev–Trinajstić information content (AvgIpc) is 3.06. The number of benzene rings is 3. The van der Waals surface area contributed by atoms with Crippen LogP contribution < -0.4 is 9.64 Å². The number of halogens is 2. The van der Waals surface area contributed by atoms with Crippen molar-refractivity contribution in [2.75, 3.05) is 11.5 Å². The second-order valence-corrected chi connectivity index (χ2v) is 8.67. The first-order chi connectivity index (χ1) is 16.7. The Kier molecular flexibility index (Phi) is 6.82. The van der Waals surface area contributed by atoms with E-state index in [1.54, 1.807) is 55.5 Å². The van der Waals surface area contributed by atoms with E-state index in [4.69, 9.17) is 9.47 Å². The molecule has 0 bridgehead atoms. The van der Waals surface area contributed by atoms with Crippen LogP contribution in [0.5, 0.6) is 5.75 Å². The standard InChI is InChI=1S/C27H25F2NO5/c1-4-34-21(31)14-16-9-11-17(12-10-16)30-25(32)22-20(13-15(2)3)18-7-5-6-8-19(18)24(35-27(28)29)23(22)26(30)33/h5-12,15,27H,4,13-14H2,1-3H3. The van der Waals surface area contributed by atoms with Crippen LogP contribution in [0.25, 0.3) is 10.8 Å². The summed E-state index contributed by atoms with van der Waals surface area (Å²) in [6.07, 6.45) is 0.523. The van der Waals surface area contributed by atoms with Crippen LogP contribution >= 0.6 is 0 Å². The zero-order valence-electron chi connectivity index (χ0n) is 19.6. The average molecular weight is 481 g/mol. The van der Waals surface area contributed by atoms with Gasteiger partial charge in [-0.1, -0.05) is 50.2 Å². The SMILES string of the molecule is CCOC(=O)Cc1ccc(N2C(=O)c3c(c(OC(F)F)c4ccccc4c3CC(C)C)C2=O)cc1. The molecule has 0 fully saturated rings. The molecule has 6 nitrogen and oxygen atoms in total. The molecule has 2 amide bonds. The van der Waals surface area contributed by atoms with E-state index in [2.05, 4.69) is 0 Å². The number of carbonyl (C=O) groups is 3. The Labute approximate surface area is 201 Å². The van der Waals surface area contributed by atoms with Gasteiger partial charge in [-0.25, -0.2) is 4.90 Å². The van der Waals surface area contributed by atoms with Gasteiger partial charge < -0.3 is 9.47 Å². The lowest BCUT2D eigenvalue weighted by atomic mass is 9.89. The highest BCUT2D eigenvalue weighted by molar-refractivity contribution is 6.37. The lowest BCUT2D eigenvalue weighted by molar-refractivity contribution is -0.142. The fraction of sp³-hybridized carbons (Fsp3) is 0.296. The fourth-order valence-corrected chi connectivity index (χ4v) is 4.44. The lowest BCUT2D eigenvalue weighted by Gasteiger charge is -2.17. The first-order valence-electron chi connectivity index (χ1n) is 11.4. The number of anilines is 1. The van der Waals surface area contributed by atoms with Crippen molar-refractivity contribution in [3.63, 3.8) is 0 Å². The van der Waals surface area contributed by atoms with Gasteiger partial charge in [0, 0.05) is 5.39 Å². The monoisotopic (exact) mass is 481 g/mol. The zero-order valence-corrected chi connectivity index (χ0v) is 19.6. The molecule has 1 aliphatic heterocycles. The minimum Gasteiger partial charge on any atom is -0.466 e. The van der Waals surface area contributed by atoms with E-state index in [1.165, 1.54) is 0 Å². The number of nitrogens with zero attached hydrogens (tertiary/aromatic N) is 1. The third-order valence-corrected chi connectivity index (χ3v) is 5.78. The molecule has 1 heterocycles. The molecule has 0 saturated carbocycles. The molecule has 0 aromatic heterocycles. The second-order valence-electron chi connectivity index (χ2n) is 8.67. The van der Waals surface area contributed by atoms with Crippen LogP contribution in [-0.2, 0) is 22.4 Å². The second kappa shape index (κ2) is 9.82. The summed E-state index contributed by atoms with van der Waals surface area (Å²) in [5, 5.41) is 0.957. The molecule has 0 aliphatic carbocycles. The van der Waals surface area contributed by atoms with Gasteiger partial charge in [0.15, 0.2) is 0 Å². The van der Waals surface area contributed by atoms with Gasteiger partial charge in [-0.15, -0.1) is 0 Å². The van der Waals surface area contributed by atoms with Crippen LogP contribution in [0, 0.1) is 5.92 Å². The number of hydrogen-bond donors (Lipinski definition) is 0. The minimum atomic E-state index is -3.17. The number of hydrogen-bond acceptors (Lipinski definition) is 5. The maximum atomic E-state index is 13.6. The van der Waals surface area contributed by atoms with Crippen molar-refractivity contribution in [3.8, 4) is 5.75 Å². The molecule has 0 radical (unpaired) electrons. The number of imide groups is 1. The highest BCUT2D eigenvalue weighted by atomic mass is 19.3. The minimum absolute atomic E-state index is 0.0482. The molecule has 0 N–H and O–H groups in total. The van der Waals surface area contributed by atoms with Crippen molar-refractivity contribution in [1.82, 2.24) is 0 Å². The van der Waals surface area contributed by atoms with Gasteiger partial charge in [0.1, 0.15) is 5.75 Å². The van der Waals surface area contributed by atoms with E-state index >= 15 is 0 Å². The Morgan fingerprint density at radius 3 is 2.17 bits per heavy atom. The highest BCUT2D eigenvalue weighted by Crippen LogP contribution is 2.43. The van der Waals surface area contributed by atoms with Gasteiger partial charge in [-0.05, 0) is 47.9 Å². The molecule has 0 spiro atoms. The normalized spacial score (nSPS) is 13.2. The molecule has 1 aliphatic rings. The van der Waals surface area contributed by atoms with E-state index in [0.717, 1.165) is 4.90 Å². The number of ether oxygens (including phenoxy) is 2. The van der Waals surface area contributed by atoms with Crippen molar-refractivity contribution < 1.29 is 32.6 Å². The van der Waals surface area contributed by atoms with Gasteiger partial charge in [0.2, 0.25) is 0 Å². The third kappa shape index (κ3) is 4.60. The molecule has 0 unspecified atom stereocenters. The van der Waals surface area contributed by atoms with Crippen LogP contribution in [0.4, 0.5) is 14.5 Å². The van der Waals surface area contributed by atoms with E-state index < -0.39 is 18.4 Å². The van der Waals surface area contributed by atoms with Crippen LogP contribution in [0.1, 0.15) is 52.6 Å². The van der Waals surface area contributed by atoms with Gasteiger partial charge in [0.05, 0.1) is 29.8 Å². The van der Waals surface area contributed by atoms with Crippen LogP contribution in [0.15, 0.2) is 48.5 Å². The Hall–Kier alpha value is -3.81. The maximum absolute atomic E-state index is 13.6. The smallest absolute Gasteiger partial charge is 0.387 e. The van der Waals surface area contributed by atoms with E-state index in [-0.39, 0.29) is 47.5 Å². The number of amides is 2. The van der Waals surface area contributed by atoms with Gasteiger partial charge in [-0.2, -0.15) is 8.78 Å². The third-order valence-electron chi connectivity index (χ3n) is 5.78. The van der Waals surface area contributed by atoms with Crippen molar-refractivity contribution in [3.05, 3.63) is 70.8 Å². The van der Waals surface area contributed by atoms with Gasteiger partial charge >= 0.3 is 12.6 Å². The van der Waals surface area contributed by atoms with Crippen molar-refractivity contribution in [2.24, 2.45) is 5.92 Å². The highest BCUT2D eigenvalue weighted by Gasteiger charge is 2.43. The van der Waals surface area contributed by atoms with Gasteiger partial charge in [-0.3, -0.25) is 14.4 Å². The predicted octanol–water partition coefficient (Wildman–Crippen LogP) is 5.55. The summed E-state index contributed by atoms with van der Waals surface area (Å²) < 4.78 is 36.6. The van der Waals surface area contributed by atoms with Crippen LogP contribution in [-0.4, -0.2) is 31.0 Å². The van der Waals surface area contributed by atoms with Crippen molar-refractivity contribution in [2.45, 2.75) is 40.2 Å². The number of carbonyl (C=O) groups excluding carboxylic acids is 3.